The van der Waals surface area contributed by atoms with Gasteiger partial charge in [-0.15, -0.1) is 0 Å². The SMILES string of the molecule is CNC(=O)c1ccc(CN(C)CC(=O)NCCSCc2ccc(C)cc2)cc1. The first kappa shape index (κ1) is 22.0. The Kier molecular flexibility index (Phi) is 9.04. The molecule has 0 saturated heterocycles. The number of aryl methyl sites for hydroxylation is 1. The summed E-state index contributed by atoms with van der Waals surface area (Å²) in [7, 11) is 3.53. The van der Waals surface area contributed by atoms with Crippen LogP contribution in [-0.2, 0) is 17.1 Å². The lowest BCUT2D eigenvalue weighted by molar-refractivity contribution is -0.121. The number of rotatable bonds is 10. The van der Waals surface area contributed by atoms with Crippen molar-refractivity contribution in [2.45, 2.75) is 19.2 Å². The van der Waals surface area contributed by atoms with Gasteiger partial charge in [-0.2, -0.15) is 11.8 Å². The normalized spacial score (nSPS) is 10.7. The van der Waals surface area contributed by atoms with Gasteiger partial charge in [-0.25, -0.2) is 0 Å². The van der Waals surface area contributed by atoms with Gasteiger partial charge in [0, 0.05) is 37.2 Å². The molecule has 0 aromatic heterocycles. The van der Waals surface area contributed by atoms with Crippen molar-refractivity contribution in [1.82, 2.24) is 15.5 Å². The van der Waals surface area contributed by atoms with E-state index in [1.807, 2.05) is 35.8 Å². The molecule has 0 aliphatic carbocycles. The van der Waals surface area contributed by atoms with E-state index in [-0.39, 0.29) is 11.8 Å². The molecule has 0 radical (unpaired) electrons. The van der Waals surface area contributed by atoms with Crippen LogP contribution < -0.4 is 10.6 Å². The van der Waals surface area contributed by atoms with Crippen LogP contribution in [0.1, 0.15) is 27.0 Å². The van der Waals surface area contributed by atoms with Crippen molar-refractivity contribution in [3.63, 3.8) is 0 Å². The fraction of sp³-hybridized carbons (Fsp3) is 0.364. The molecular weight excluding hydrogens is 370 g/mol. The summed E-state index contributed by atoms with van der Waals surface area (Å²) in [4.78, 5) is 25.6. The molecule has 2 amide bonds. The average molecular weight is 400 g/mol. The van der Waals surface area contributed by atoms with Gasteiger partial charge >= 0.3 is 0 Å². The maximum atomic E-state index is 12.1. The summed E-state index contributed by atoms with van der Waals surface area (Å²) in [5, 5.41) is 5.58. The fourth-order valence-corrected chi connectivity index (χ4v) is 3.53. The van der Waals surface area contributed by atoms with Crippen molar-refractivity contribution in [2.24, 2.45) is 0 Å². The minimum atomic E-state index is -0.0977. The van der Waals surface area contributed by atoms with Crippen LogP contribution in [0.15, 0.2) is 48.5 Å². The third-order valence-electron chi connectivity index (χ3n) is 4.27. The van der Waals surface area contributed by atoms with Crippen LogP contribution in [0.4, 0.5) is 0 Å². The molecule has 150 valence electrons. The van der Waals surface area contributed by atoms with Crippen LogP contribution in [0.2, 0.25) is 0 Å². The van der Waals surface area contributed by atoms with Crippen molar-refractivity contribution >= 4 is 23.6 Å². The van der Waals surface area contributed by atoms with E-state index in [9.17, 15) is 9.59 Å². The predicted octanol–water partition coefficient (Wildman–Crippen LogP) is 2.84. The lowest BCUT2D eigenvalue weighted by atomic mass is 10.1. The topological polar surface area (TPSA) is 61.4 Å². The van der Waals surface area contributed by atoms with Crippen LogP contribution in [0.25, 0.3) is 0 Å². The van der Waals surface area contributed by atoms with E-state index < -0.39 is 0 Å². The number of amides is 2. The smallest absolute Gasteiger partial charge is 0.251 e. The maximum absolute atomic E-state index is 12.1. The quantitative estimate of drug-likeness (QED) is 0.603. The minimum absolute atomic E-state index is 0.0282. The number of thioether (sulfide) groups is 1. The summed E-state index contributed by atoms with van der Waals surface area (Å²) in [6.45, 7) is 3.76. The molecule has 0 aliphatic heterocycles. The van der Waals surface area contributed by atoms with Gasteiger partial charge in [0.15, 0.2) is 0 Å². The van der Waals surface area contributed by atoms with Crippen LogP contribution in [-0.4, -0.2) is 49.7 Å². The number of nitrogens with zero attached hydrogens (tertiary/aromatic N) is 1. The van der Waals surface area contributed by atoms with Gasteiger partial charge in [-0.1, -0.05) is 42.0 Å². The molecule has 2 rings (SSSR count). The van der Waals surface area contributed by atoms with Crippen molar-refractivity contribution in [2.75, 3.05) is 32.9 Å². The molecule has 5 nitrogen and oxygen atoms in total. The first-order valence-corrected chi connectivity index (χ1v) is 10.5. The highest BCUT2D eigenvalue weighted by Crippen LogP contribution is 2.12. The van der Waals surface area contributed by atoms with E-state index >= 15 is 0 Å². The summed E-state index contributed by atoms with van der Waals surface area (Å²) in [6.07, 6.45) is 0. The number of nitrogens with one attached hydrogen (secondary N) is 2. The van der Waals surface area contributed by atoms with E-state index in [4.69, 9.17) is 0 Å². The zero-order chi connectivity index (χ0) is 20.4. The molecule has 0 fully saturated rings. The van der Waals surface area contributed by atoms with Crippen molar-refractivity contribution in [3.8, 4) is 0 Å². The maximum Gasteiger partial charge on any atom is 0.251 e. The van der Waals surface area contributed by atoms with E-state index in [2.05, 4.69) is 41.8 Å². The van der Waals surface area contributed by atoms with Crippen molar-refractivity contribution in [3.05, 3.63) is 70.8 Å². The van der Waals surface area contributed by atoms with E-state index in [0.717, 1.165) is 17.1 Å². The molecule has 0 spiro atoms. The monoisotopic (exact) mass is 399 g/mol. The summed E-state index contributed by atoms with van der Waals surface area (Å²) < 4.78 is 0. The number of benzene rings is 2. The molecule has 0 unspecified atom stereocenters. The van der Waals surface area contributed by atoms with E-state index in [1.54, 1.807) is 19.2 Å². The molecule has 0 atom stereocenters. The highest BCUT2D eigenvalue weighted by atomic mass is 32.2. The second kappa shape index (κ2) is 11.5. The number of likely N-dealkylation sites (N-methyl/N-ethyl adjacent to an activating group) is 1. The third kappa shape index (κ3) is 7.74. The second-order valence-corrected chi connectivity index (χ2v) is 7.94. The fourth-order valence-electron chi connectivity index (χ4n) is 2.71. The van der Waals surface area contributed by atoms with Gasteiger partial charge in [0.25, 0.3) is 5.91 Å². The zero-order valence-electron chi connectivity index (χ0n) is 16.8. The van der Waals surface area contributed by atoms with Gasteiger partial charge in [0.1, 0.15) is 0 Å². The molecule has 0 bridgehead atoms. The Labute approximate surface area is 171 Å². The van der Waals surface area contributed by atoms with Crippen LogP contribution in [0.5, 0.6) is 0 Å². The average Bonchev–Trinajstić information content (AvgIpc) is 2.69. The number of hydrogen-bond acceptors (Lipinski definition) is 4. The van der Waals surface area contributed by atoms with Gasteiger partial charge in [0.05, 0.1) is 6.54 Å². The lowest BCUT2D eigenvalue weighted by Gasteiger charge is -2.16. The summed E-state index contributed by atoms with van der Waals surface area (Å²) in [5.74, 6) is 1.78. The molecule has 2 aromatic carbocycles. The minimum Gasteiger partial charge on any atom is -0.355 e. The third-order valence-corrected chi connectivity index (χ3v) is 5.30. The van der Waals surface area contributed by atoms with Crippen molar-refractivity contribution in [1.29, 1.82) is 0 Å². The Balaban J connectivity index is 1.62. The largest absolute Gasteiger partial charge is 0.355 e. The lowest BCUT2D eigenvalue weighted by Crippen LogP contribution is -2.35. The Morgan fingerprint density at radius 1 is 1.00 bits per heavy atom. The van der Waals surface area contributed by atoms with Crippen molar-refractivity contribution < 1.29 is 9.59 Å². The molecule has 0 saturated carbocycles. The van der Waals surface area contributed by atoms with Crippen LogP contribution in [0.3, 0.4) is 0 Å². The Morgan fingerprint density at radius 2 is 1.64 bits per heavy atom. The number of hydrogen-bond donors (Lipinski definition) is 2. The van der Waals surface area contributed by atoms with Crippen LogP contribution in [0, 0.1) is 6.92 Å². The van der Waals surface area contributed by atoms with E-state index in [0.29, 0.717) is 25.2 Å². The predicted molar refractivity (Wildman–Crippen MR) is 117 cm³/mol. The van der Waals surface area contributed by atoms with Gasteiger partial charge in [-0.3, -0.25) is 14.5 Å². The molecular formula is C22H29N3O2S. The first-order chi connectivity index (χ1) is 13.5. The molecule has 2 N–H and O–H groups in total. The van der Waals surface area contributed by atoms with Gasteiger partial charge in [-0.05, 0) is 37.2 Å². The molecule has 28 heavy (non-hydrogen) atoms. The molecule has 0 heterocycles. The Hall–Kier alpha value is -2.31. The summed E-state index contributed by atoms with van der Waals surface area (Å²) in [6, 6.07) is 16.0. The second-order valence-electron chi connectivity index (χ2n) is 6.84. The Bertz CT molecular complexity index is 760. The highest BCUT2D eigenvalue weighted by Gasteiger charge is 2.08. The van der Waals surface area contributed by atoms with Crippen LogP contribution >= 0.6 is 11.8 Å². The standard InChI is InChI=1S/C22H29N3O2S/c1-17-4-6-19(7-5-17)16-28-13-12-24-21(26)15-25(3)14-18-8-10-20(11-9-18)22(27)23-2/h4-11H,12-16H2,1-3H3,(H,23,27)(H,24,26). The zero-order valence-corrected chi connectivity index (χ0v) is 17.6. The summed E-state index contributed by atoms with van der Waals surface area (Å²) in [5.41, 5.74) is 4.28. The van der Waals surface area contributed by atoms with E-state index in [1.165, 1.54) is 11.1 Å². The summed E-state index contributed by atoms with van der Waals surface area (Å²) >= 11 is 1.82. The Morgan fingerprint density at radius 3 is 2.29 bits per heavy atom. The first-order valence-electron chi connectivity index (χ1n) is 9.37. The molecule has 0 aliphatic rings. The van der Waals surface area contributed by atoms with Gasteiger partial charge < -0.3 is 10.6 Å². The highest BCUT2D eigenvalue weighted by molar-refractivity contribution is 7.98. The molecule has 2 aromatic rings. The van der Waals surface area contributed by atoms with Gasteiger partial charge in [0.2, 0.25) is 5.91 Å². The number of carbonyl (C=O) groups is 2. The molecule has 6 heteroatoms. The number of carbonyl (C=O) groups excluding carboxylic acids is 2.